The average Bonchev–Trinajstić information content (AvgIpc) is 3.32. The Hall–Kier alpha value is -2.63. The van der Waals surface area contributed by atoms with Crippen molar-refractivity contribution in [3.63, 3.8) is 0 Å². The van der Waals surface area contributed by atoms with Crippen LogP contribution in [0, 0.1) is 0 Å². The second-order valence-corrected chi connectivity index (χ2v) is 8.44. The van der Waals surface area contributed by atoms with Gasteiger partial charge in [0, 0.05) is 11.4 Å². The quantitative estimate of drug-likeness (QED) is 0.627. The van der Waals surface area contributed by atoms with Crippen molar-refractivity contribution in [1.29, 1.82) is 0 Å². The highest BCUT2D eigenvalue weighted by Crippen LogP contribution is 2.27. The highest BCUT2D eigenvalue weighted by Gasteiger charge is 2.25. The number of carbonyl (C=O) groups is 1. The standard InChI is InChI=1S/C23H24N2O2S/c1-24(2)15-19-14-18-12-13-25(16-21(18)27-19)23(26)22-11-10-20(28-22)9-8-17-6-4-3-5-7-17/h3-11,14H,12-13,15-16H2,1-2H3. The maximum absolute atomic E-state index is 12.9. The molecular weight excluding hydrogens is 368 g/mol. The van der Waals surface area contributed by atoms with Gasteiger partial charge < -0.3 is 14.2 Å². The van der Waals surface area contributed by atoms with Crippen molar-refractivity contribution in [2.45, 2.75) is 19.5 Å². The first-order valence-electron chi connectivity index (χ1n) is 9.46. The number of fused-ring (bicyclic) bond motifs is 1. The molecular formula is C23H24N2O2S. The lowest BCUT2D eigenvalue weighted by Gasteiger charge is -2.25. The summed E-state index contributed by atoms with van der Waals surface area (Å²) in [6, 6.07) is 16.2. The SMILES string of the molecule is CN(C)Cc1cc2c(o1)CN(C(=O)c1ccc(C=Cc3ccccc3)s1)CC2. The molecule has 1 aliphatic rings. The van der Waals surface area contributed by atoms with Gasteiger partial charge in [-0.1, -0.05) is 36.4 Å². The van der Waals surface area contributed by atoms with Gasteiger partial charge >= 0.3 is 0 Å². The lowest BCUT2D eigenvalue weighted by Crippen LogP contribution is -2.35. The van der Waals surface area contributed by atoms with E-state index in [2.05, 4.69) is 35.3 Å². The molecule has 0 unspecified atom stereocenters. The number of thiophene rings is 1. The number of furan rings is 1. The minimum Gasteiger partial charge on any atom is -0.463 e. The van der Waals surface area contributed by atoms with E-state index in [0.717, 1.165) is 46.3 Å². The Labute approximate surface area is 169 Å². The van der Waals surface area contributed by atoms with Gasteiger partial charge in [-0.2, -0.15) is 0 Å². The smallest absolute Gasteiger partial charge is 0.264 e. The molecule has 0 saturated carbocycles. The second kappa shape index (κ2) is 8.17. The molecule has 2 aromatic heterocycles. The van der Waals surface area contributed by atoms with Crippen molar-refractivity contribution in [2.75, 3.05) is 20.6 Å². The first kappa shape index (κ1) is 18.7. The van der Waals surface area contributed by atoms with Gasteiger partial charge in [0.2, 0.25) is 0 Å². The summed E-state index contributed by atoms with van der Waals surface area (Å²) >= 11 is 1.53. The molecule has 0 aliphatic carbocycles. The highest BCUT2D eigenvalue weighted by atomic mass is 32.1. The van der Waals surface area contributed by atoms with Gasteiger partial charge in [0.15, 0.2) is 0 Å². The largest absolute Gasteiger partial charge is 0.463 e. The molecule has 0 radical (unpaired) electrons. The first-order valence-corrected chi connectivity index (χ1v) is 10.3. The van der Waals surface area contributed by atoms with Crippen LogP contribution in [0.25, 0.3) is 12.2 Å². The van der Waals surface area contributed by atoms with Crippen molar-refractivity contribution < 1.29 is 9.21 Å². The van der Waals surface area contributed by atoms with E-state index < -0.39 is 0 Å². The highest BCUT2D eigenvalue weighted by molar-refractivity contribution is 7.14. The number of nitrogens with zero attached hydrogens (tertiary/aromatic N) is 2. The molecule has 144 valence electrons. The molecule has 0 N–H and O–H groups in total. The van der Waals surface area contributed by atoms with E-state index in [4.69, 9.17) is 4.42 Å². The number of carbonyl (C=O) groups excluding carboxylic acids is 1. The molecule has 1 aromatic carbocycles. The van der Waals surface area contributed by atoms with E-state index in [-0.39, 0.29) is 5.91 Å². The van der Waals surface area contributed by atoms with Crippen LogP contribution >= 0.6 is 11.3 Å². The Kier molecular flexibility index (Phi) is 5.46. The lowest BCUT2D eigenvalue weighted by atomic mass is 10.1. The average molecular weight is 393 g/mol. The Bertz CT molecular complexity index is 985. The van der Waals surface area contributed by atoms with Crippen LogP contribution in [0.3, 0.4) is 0 Å². The summed E-state index contributed by atoms with van der Waals surface area (Å²) in [5.74, 6) is 1.98. The van der Waals surface area contributed by atoms with Crippen molar-refractivity contribution in [1.82, 2.24) is 9.80 Å². The van der Waals surface area contributed by atoms with Crippen LogP contribution in [0.4, 0.5) is 0 Å². The van der Waals surface area contributed by atoms with Gasteiger partial charge in [-0.05, 0) is 55.9 Å². The second-order valence-electron chi connectivity index (χ2n) is 7.32. The molecule has 1 aliphatic heterocycles. The van der Waals surface area contributed by atoms with Crippen molar-refractivity contribution in [3.8, 4) is 0 Å². The fraction of sp³-hybridized carbons (Fsp3) is 0.261. The number of hydrogen-bond donors (Lipinski definition) is 0. The molecule has 5 heteroatoms. The Morgan fingerprint density at radius 3 is 2.79 bits per heavy atom. The van der Waals surface area contributed by atoms with E-state index in [1.807, 2.05) is 49.3 Å². The van der Waals surface area contributed by atoms with Crippen molar-refractivity contribution in [2.24, 2.45) is 0 Å². The summed E-state index contributed by atoms with van der Waals surface area (Å²) in [5.41, 5.74) is 2.39. The predicted molar refractivity (Wildman–Crippen MR) is 114 cm³/mol. The third kappa shape index (κ3) is 4.26. The van der Waals surface area contributed by atoms with Gasteiger partial charge in [-0.3, -0.25) is 4.79 Å². The summed E-state index contributed by atoms with van der Waals surface area (Å²) in [6.45, 7) is 2.07. The van der Waals surface area contributed by atoms with E-state index in [9.17, 15) is 4.79 Å². The van der Waals surface area contributed by atoms with Gasteiger partial charge in [0.1, 0.15) is 11.5 Å². The van der Waals surface area contributed by atoms with Crippen LogP contribution in [0.5, 0.6) is 0 Å². The maximum atomic E-state index is 12.9. The topological polar surface area (TPSA) is 36.7 Å². The normalized spacial score (nSPS) is 14.0. The molecule has 4 nitrogen and oxygen atoms in total. The zero-order chi connectivity index (χ0) is 19.5. The number of hydrogen-bond acceptors (Lipinski definition) is 4. The summed E-state index contributed by atoms with van der Waals surface area (Å²) < 4.78 is 5.98. The number of rotatable bonds is 5. The Morgan fingerprint density at radius 2 is 2.00 bits per heavy atom. The summed E-state index contributed by atoms with van der Waals surface area (Å²) in [6.07, 6.45) is 4.98. The molecule has 28 heavy (non-hydrogen) atoms. The molecule has 1 amide bonds. The molecule has 0 atom stereocenters. The Balaban J connectivity index is 1.43. The van der Waals surface area contributed by atoms with Crippen molar-refractivity contribution in [3.05, 3.63) is 80.9 Å². The fourth-order valence-electron chi connectivity index (χ4n) is 3.40. The predicted octanol–water partition coefficient (Wildman–Crippen LogP) is 4.77. The van der Waals surface area contributed by atoms with Crippen LogP contribution in [0.1, 0.15) is 37.2 Å². The zero-order valence-electron chi connectivity index (χ0n) is 16.2. The monoisotopic (exact) mass is 392 g/mol. The zero-order valence-corrected chi connectivity index (χ0v) is 17.0. The van der Waals surface area contributed by atoms with Crippen LogP contribution in [-0.2, 0) is 19.5 Å². The molecule has 0 fully saturated rings. The number of amides is 1. The van der Waals surface area contributed by atoms with Crippen LogP contribution in [0.2, 0.25) is 0 Å². The van der Waals surface area contributed by atoms with Crippen LogP contribution < -0.4 is 0 Å². The van der Waals surface area contributed by atoms with E-state index >= 15 is 0 Å². The minimum absolute atomic E-state index is 0.0839. The van der Waals surface area contributed by atoms with E-state index in [1.165, 1.54) is 16.9 Å². The van der Waals surface area contributed by atoms with E-state index in [1.54, 1.807) is 0 Å². The molecule has 0 bridgehead atoms. The summed E-state index contributed by atoms with van der Waals surface area (Å²) in [7, 11) is 4.05. The minimum atomic E-state index is 0.0839. The van der Waals surface area contributed by atoms with Gasteiger partial charge in [0.25, 0.3) is 5.91 Å². The van der Waals surface area contributed by atoms with Crippen LogP contribution in [0.15, 0.2) is 52.9 Å². The molecule has 3 heterocycles. The van der Waals surface area contributed by atoms with E-state index in [0.29, 0.717) is 6.54 Å². The van der Waals surface area contributed by atoms with Crippen LogP contribution in [-0.4, -0.2) is 36.3 Å². The third-order valence-corrected chi connectivity index (χ3v) is 5.81. The first-order chi connectivity index (χ1) is 13.6. The third-order valence-electron chi connectivity index (χ3n) is 4.77. The lowest BCUT2D eigenvalue weighted by molar-refractivity contribution is 0.0723. The summed E-state index contributed by atoms with van der Waals surface area (Å²) in [4.78, 5) is 18.8. The molecule has 0 spiro atoms. The van der Waals surface area contributed by atoms with Gasteiger partial charge in [-0.15, -0.1) is 11.3 Å². The molecule has 3 aromatic rings. The molecule has 4 rings (SSSR count). The fourth-order valence-corrected chi connectivity index (χ4v) is 4.28. The number of benzene rings is 1. The Morgan fingerprint density at radius 1 is 1.18 bits per heavy atom. The maximum Gasteiger partial charge on any atom is 0.264 e. The van der Waals surface area contributed by atoms with Gasteiger partial charge in [0.05, 0.1) is 18.0 Å². The van der Waals surface area contributed by atoms with Gasteiger partial charge in [-0.25, -0.2) is 0 Å². The molecule has 0 saturated heterocycles. The summed E-state index contributed by atoms with van der Waals surface area (Å²) in [5, 5.41) is 0. The van der Waals surface area contributed by atoms with Crippen molar-refractivity contribution >= 4 is 29.4 Å².